The van der Waals surface area contributed by atoms with Crippen molar-refractivity contribution in [2.24, 2.45) is 0 Å². The Morgan fingerprint density at radius 1 is 1.29 bits per heavy atom. The summed E-state index contributed by atoms with van der Waals surface area (Å²) < 4.78 is 10.7. The van der Waals surface area contributed by atoms with Gasteiger partial charge >= 0.3 is 5.97 Å². The molecule has 1 aromatic carbocycles. The van der Waals surface area contributed by atoms with Crippen LogP contribution in [0.4, 0.5) is 0 Å². The highest BCUT2D eigenvalue weighted by atomic mass is 32.1. The second-order valence-electron chi connectivity index (χ2n) is 5.44. The second-order valence-corrected chi connectivity index (χ2v) is 6.50. The zero-order valence-electron chi connectivity index (χ0n) is 13.9. The predicted molar refractivity (Wildman–Crippen MR) is 91.2 cm³/mol. The molecule has 0 saturated carbocycles. The van der Waals surface area contributed by atoms with Crippen LogP contribution in [0.2, 0.25) is 0 Å². The lowest BCUT2D eigenvalue weighted by Gasteiger charge is -2.11. The normalized spacial score (nSPS) is 10.5. The van der Waals surface area contributed by atoms with E-state index < -0.39 is 5.97 Å². The molecule has 0 spiro atoms. The zero-order valence-corrected chi connectivity index (χ0v) is 14.7. The zero-order chi connectivity index (χ0) is 17.5. The molecule has 2 aromatic rings. The van der Waals surface area contributed by atoms with Crippen molar-refractivity contribution in [3.8, 4) is 5.75 Å². The standard InChI is InChI=1S/C17H20N2O4S/c1-11(2)18-16(20)9-23-17(21)14-6-4-5-7-15(14)22-8-13-10-24-12(3)19-13/h4-7,10-11H,8-9H2,1-3H3,(H,18,20). The van der Waals surface area contributed by atoms with Crippen LogP contribution >= 0.6 is 11.3 Å². The van der Waals surface area contributed by atoms with Crippen LogP contribution in [-0.2, 0) is 16.1 Å². The Labute approximate surface area is 144 Å². The third-order valence-corrected chi connectivity index (χ3v) is 3.76. The molecule has 6 nitrogen and oxygen atoms in total. The number of thiazole rings is 1. The number of esters is 1. The molecule has 24 heavy (non-hydrogen) atoms. The van der Waals surface area contributed by atoms with Gasteiger partial charge in [-0.3, -0.25) is 4.79 Å². The fraction of sp³-hybridized carbons (Fsp3) is 0.353. The highest BCUT2D eigenvalue weighted by Gasteiger charge is 2.16. The minimum Gasteiger partial charge on any atom is -0.486 e. The molecule has 1 heterocycles. The summed E-state index contributed by atoms with van der Waals surface area (Å²) in [6.45, 7) is 5.53. The lowest BCUT2D eigenvalue weighted by Crippen LogP contribution is -2.34. The van der Waals surface area contributed by atoms with Crippen molar-refractivity contribution < 1.29 is 19.1 Å². The van der Waals surface area contributed by atoms with Crippen molar-refractivity contribution in [1.29, 1.82) is 0 Å². The Bertz CT molecular complexity index is 712. The fourth-order valence-electron chi connectivity index (χ4n) is 1.96. The Morgan fingerprint density at radius 3 is 2.71 bits per heavy atom. The molecule has 7 heteroatoms. The van der Waals surface area contributed by atoms with Crippen LogP contribution in [0, 0.1) is 6.92 Å². The smallest absolute Gasteiger partial charge is 0.342 e. The average Bonchev–Trinajstić information content (AvgIpc) is 2.96. The summed E-state index contributed by atoms with van der Waals surface area (Å²) in [5.74, 6) is -0.536. The molecule has 0 atom stereocenters. The number of carbonyl (C=O) groups excluding carboxylic acids is 2. The number of nitrogens with one attached hydrogen (secondary N) is 1. The summed E-state index contributed by atoms with van der Waals surface area (Å²) in [5, 5.41) is 5.52. The lowest BCUT2D eigenvalue weighted by molar-refractivity contribution is -0.124. The number of hydrogen-bond acceptors (Lipinski definition) is 6. The van der Waals surface area contributed by atoms with Crippen LogP contribution in [0.5, 0.6) is 5.75 Å². The van der Waals surface area contributed by atoms with Crippen LogP contribution in [0.1, 0.15) is 34.9 Å². The van der Waals surface area contributed by atoms with Gasteiger partial charge < -0.3 is 14.8 Å². The van der Waals surface area contributed by atoms with Gasteiger partial charge in [-0.05, 0) is 32.9 Å². The highest BCUT2D eigenvalue weighted by molar-refractivity contribution is 7.09. The molecular weight excluding hydrogens is 328 g/mol. The molecule has 128 valence electrons. The first kappa shape index (κ1) is 17.9. The summed E-state index contributed by atoms with van der Waals surface area (Å²) in [6, 6.07) is 6.76. The highest BCUT2D eigenvalue weighted by Crippen LogP contribution is 2.20. The molecule has 2 rings (SSSR count). The van der Waals surface area contributed by atoms with E-state index in [1.165, 1.54) is 11.3 Å². The summed E-state index contributed by atoms with van der Waals surface area (Å²) >= 11 is 1.54. The van der Waals surface area contributed by atoms with Gasteiger partial charge in [0, 0.05) is 11.4 Å². The van der Waals surface area contributed by atoms with E-state index >= 15 is 0 Å². The summed E-state index contributed by atoms with van der Waals surface area (Å²) in [7, 11) is 0. The number of carbonyl (C=O) groups is 2. The van der Waals surface area contributed by atoms with Crippen LogP contribution in [0.3, 0.4) is 0 Å². The van der Waals surface area contributed by atoms with Crippen molar-refractivity contribution in [2.45, 2.75) is 33.4 Å². The van der Waals surface area contributed by atoms with Crippen molar-refractivity contribution in [3.05, 3.63) is 45.9 Å². The number of amides is 1. The largest absolute Gasteiger partial charge is 0.486 e. The number of aryl methyl sites for hydroxylation is 1. The van der Waals surface area contributed by atoms with E-state index in [0.717, 1.165) is 10.7 Å². The van der Waals surface area contributed by atoms with E-state index in [1.54, 1.807) is 24.3 Å². The molecule has 1 N–H and O–H groups in total. The minimum atomic E-state index is -0.598. The SMILES string of the molecule is Cc1nc(COc2ccccc2C(=O)OCC(=O)NC(C)C)cs1. The topological polar surface area (TPSA) is 77.5 Å². The van der Waals surface area contributed by atoms with Gasteiger partial charge in [0.25, 0.3) is 5.91 Å². The predicted octanol–water partition coefficient (Wildman–Crippen LogP) is 2.71. The number of aromatic nitrogens is 1. The maximum Gasteiger partial charge on any atom is 0.342 e. The van der Waals surface area contributed by atoms with Crippen LogP contribution in [0.25, 0.3) is 0 Å². The Balaban J connectivity index is 1.97. The molecule has 0 saturated heterocycles. The Morgan fingerprint density at radius 2 is 2.04 bits per heavy atom. The van der Waals surface area contributed by atoms with Gasteiger partial charge in [0.15, 0.2) is 6.61 Å². The molecule has 0 unspecified atom stereocenters. The average molecular weight is 348 g/mol. The van der Waals surface area contributed by atoms with E-state index in [1.807, 2.05) is 26.2 Å². The number of para-hydroxylation sites is 1. The molecule has 0 radical (unpaired) electrons. The Hall–Kier alpha value is -2.41. The number of ether oxygens (including phenoxy) is 2. The maximum absolute atomic E-state index is 12.2. The van der Waals surface area contributed by atoms with E-state index in [-0.39, 0.29) is 30.7 Å². The molecule has 1 amide bonds. The van der Waals surface area contributed by atoms with E-state index in [4.69, 9.17) is 9.47 Å². The third kappa shape index (κ3) is 5.34. The van der Waals surface area contributed by atoms with Crippen molar-refractivity contribution in [2.75, 3.05) is 6.61 Å². The van der Waals surface area contributed by atoms with Crippen LogP contribution in [-0.4, -0.2) is 29.5 Å². The lowest BCUT2D eigenvalue weighted by atomic mass is 10.2. The first-order valence-corrected chi connectivity index (χ1v) is 8.43. The number of hydrogen-bond donors (Lipinski definition) is 1. The van der Waals surface area contributed by atoms with Gasteiger partial charge in [-0.15, -0.1) is 11.3 Å². The molecule has 0 bridgehead atoms. The third-order valence-electron chi connectivity index (χ3n) is 2.93. The monoisotopic (exact) mass is 348 g/mol. The molecule has 0 aliphatic rings. The van der Waals surface area contributed by atoms with Gasteiger partial charge in [-0.1, -0.05) is 12.1 Å². The number of rotatable bonds is 7. The van der Waals surface area contributed by atoms with Crippen molar-refractivity contribution in [3.63, 3.8) is 0 Å². The quantitative estimate of drug-likeness (QED) is 0.779. The van der Waals surface area contributed by atoms with E-state index in [2.05, 4.69) is 10.3 Å². The second kappa shape index (κ2) is 8.44. The van der Waals surface area contributed by atoms with Crippen LogP contribution in [0.15, 0.2) is 29.6 Å². The minimum absolute atomic E-state index is 0.00612. The summed E-state index contributed by atoms with van der Waals surface area (Å²) in [4.78, 5) is 28.0. The first-order chi connectivity index (χ1) is 11.5. The van der Waals surface area contributed by atoms with Gasteiger partial charge in [-0.2, -0.15) is 0 Å². The first-order valence-electron chi connectivity index (χ1n) is 7.55. The number of nitrogens with zero attached hydrogens (tertiary/aromatic N) is 1. The molecule has 0 aliphatic heterocycles. The van der Waals surface area contributed by atoms with E-state index in [9.17, 15) is 9.59 Å². The van der Waals surface area contributed by atoms with Crippen LogP contribution < -0.4 is 10.1 Å². The Kier molecular flexibility index (Phi) is 6.31. The van der Waals surface area contributed by atoms with E-state index in [0.29, 0.717) is 5.75 Å². The fourth-order valence-corrected chi connectivity index (χ4v) is 2.56. The van der Waals surface area contributed by atoms with Crippen molar-refractivity contribution in [1.82, 2.24) is 10.3 Å². The molecule has 1 aromatic heterocycles. The van der Waals surface area contributed by atoms with Gasteiger partial charge in [0.1, 0.15) is 17.9 Å². The molecular formula is C17H20N2O4S. The van der Waals surface area contributed by atoms with Gasteiger partial charge in [0.05, 0.1) is 10.7 Å². The summed E-state index contributed by atoms with van der Waals surface area (Å²) in [6.07, 6.45) is 0. The molecule has 0 aliphatic carbocycles. The number of benzene rings is 1. The molecule has 0 fully saturated rings. The van der Waals surface area contributed by atoms with Gasteiger partial charge in [-0.25, -0.2) is 9.78 Å². The maximum atomic E-state index is 12.2. The summed E-state index contributed by atoms with van der Waals surface area (Å²) in [5.41, 5.74) is 1.08. The van der Waals surface area contributed by atoms with Crippen molar-refractivity contribution >= 4 is 23.2 Å². The van der Waals surface area contributed by atoms with Gasteiger partial charge in [0.2, 0.25) is 0 Å².